The summed E-state index contributed by atoms with van der Waals surface area (Å²) in [4.78, 5) is 17.0. The van der Waals surface area contributed by atoms with Gasteiger partial charge in [-0.05, 0) is 37.1 Å². The second kappa shape index (κ2) is 9.05. The Morgan fingerprint density at radius 1 is 1.13 bits per heavy atom. The monoisotopic (exact) mass is 443 g/mol. The molecule has 30 heavy (non-hydrogen) atoms. The van der Waals surface area contributed by atoms with E-state index in [9.17, 15) is 13.2 Å². The molecule has 1 saturated heterocycles. The van der Waals surface area contributed by atoms with Gasteiger partial charge in [0.1, 0.15) is 0 Å². The minimum atomic E-state index is -3.65. The summed E-state index contributed by atoms with van der Waals surface area (Å²) in [6.45, 7) is 0.917. The van der Waals surface area contributed by atoms with Gasteiger partial charge in [-0.15, -0.1) is 11.3 Å². The Hall–Kier alpha value is -2.59. The van der Waals surface area contributed by atoms with Gasteiger partial charge < -0.3 is 4.74 Å². The smallest absolute Gasteiger partial charge is 0.257 e. The minimum absolute atomic E-state index is 0.0797. The van der Waals surface area contributed by atoms with E-state index in [-0.39, 0.29) is 23.5 Å². The van der Waals surface area contributed by atoms with E-state index in [0.717, 1.165) is 24.1 Å². The summed E-state index contributed by atoms with van der Waals surface area (Å²) in [5, 5.41) is 5.11. The third-order valence-corrected chi connectivity index (χ3v) is 6.94. The maximum absolute atomic E-state index is 12.5. The van der Waals surface area contributed by atoms with Crippen LogP contribution >= 0.6 is 11.3 Å². The van der Waals surface area contributed by atoms with Crippen LogP contribution in [0.3, 0.4) is 0 Å². The topological polar surface area (TPSA) is 97.4 Å². The number of ether oxygens (including phenoxy) is 1. The maximum atomic E-state index is 12.5. The van der Waals surface area contributed by atoms with Crippen LogP contribution < -0.4 is 10.0 Å². The molecule has 1 aromatic heterocycles. The highest BCUT2D eigenvalue weighted by Gasteiger charge is 2.20. The Balaban J connectivity index is 1.39. The fourth-order valence-corrected chi connectivity index (χ4v) is 4.90. The zero-order chi connectivity index (χ0) is 21.0. The summed E-state index contributed by atoms with van der Waals surface area (Å²) in [5.74, 6) is -0.347. The molecular weight excluding hydrogens is 422 g/mol. The number of amides is 1. The number of benzene rings is 2. The second-order valence-corrected chi connectivity index (χ2v) is 9.49. The van der Waals surface area contributed by atoms with Crippen LogP contribution in [-0.4, -0.2) is 38.6 Å². The highest BCUT2D eigenvalue weighted by molar-refractivity contribution is 7.89. The number of sulfonamides is 1. The predicted octanol–water partition coefficient (Wildman–Crippen LogP) is 3.52. The van der Waals surface area contributed by atoms with Crippen molar-refractivity contribution < 1.29 is 17.9 Å². The molecule has 0 aliphatic carbocycles. The zero-order valence-corrected chi connectivity index (χ0v) is 17.7. The van der Waals surface area contributed by atoms with E-state index in [2.05, 4.69) is 15.0 Å². The van der Waals surface area contributed by atoms with Crippen LogP contribution in [-0.2, 0) is 14.8 Å². The molecule has 1 amide bonds. The van der Waals surface area contributed by atoms with Crippen LogP contribution in [0.15, 0.2) is 64.9 Å². The molecule has 1 aliphatic rings. The van der Waals surface area contributed by atoms with Crippen LogP contribution in [0, 0.1) is 0 Å². The Kier molecular flexibility index (Phi) is 6.24. The third-order valence-electron chi connectivity index (χ3n) is 4.75. The molecule has 4 rings (SSSR count). The van der Waals surface area contributed by atoms with Gasteiger partial charge in [-0.2, -0.15) is 0 Å². The number of carbonyl (C=O) groups excluding carboxylic acids is 1. The maximum Gasteiger partial charge on any atom is 0.257 e. The van der Waals surface area contributed by atoms with Crippen LogP contribution in [0.25, 0.3) is 11.3 Å². The molecule has 1 fully saturated rings. The molecule has 0 bridgehead atoms. The SMILES string of the molecule is O=C(Nc1nc(-c2ccccc2)cs1)c1ccc(S(=O)(=O)NCC2CCCO2)cc1. The largest absolute Gasteiger partial charge is 0.377 e. The number of hydrogen-bond acceptors (Lipinski definition) is 6. The number of nitrogens with zero attached hydrogens (tertiary/aromatic N) is 1. The molecule has 1 atom stereocenters. The molecule has 3 aromatic rings. The van der Waals surface area contributed by atoms with Crippen LogP contribution in [0.4, 0.5) is 5.13 Å². The first-order valence-electron chi connectivity index (χ1n) is 9.55. The van der Waals surface area contributed by atoms with Gasteiger partial charge in [0.25, 0.3) is 5.91 Å². The first-order valence-corrected chi connectivity index (χ1v) is 11.9. The average Bonchev–Trinajstić information content (AvgIpc) is 3.45. The number of thiazole rings is 1. The lowest BCUT2D eigenvalue weighted by Gasteiger charge is -2.11. The van der Waals surface area contributed by atoms with Crippen molar-refractivity contribution in [3.63, 3.8) is 0 Å². The summed E-state index contributed by atoms with van der Waals surface area (Å²) < 4.78 is 32.8. The van der Waals surface area contributed by atoms with Crippen molar-refractivity contribution in [2.75, 3.05) is 18.5 Å². The molecule has 2 aromatic carbocycles. The summed E-state index contributed by atoms with van der Waals surface area (Å²) in [5.41, 5.74) is 2.11. The number of nitrogens with one attached hydrogen (secondary N) is 2. The first-order chi connectivity index (χ1) is 14.5. The minimum Gasteiger partial charge on any atom is -0.377 e. The molecule has 0 spiro atoms. The van der Waals surface area contributed by atoms with Crippen molar-refractivity contribution >= 4 is 32.4 Å². The van der Waals surface area contributed by atoms with Gasteiger partial charge in [0.05, 0.1) is 16.7 Å². The molecule has 9 heteroatoms. The normalized spacial score (nSPS) is 16.5. The quantitative estimate of drug-likeness (QED) is 0.582. The van der Waals surface area contributed by atoms with Crippen molar-refractivity contribution in [3.05, 3.63) is 65.5 Å². The Morgan fingerprint density at radius 3 is 2.60 bits per heavy atom. The molecule has 2 N–H and O–H groups in total. The number of rotatable bonds is 7. The Labute approximate surface area is 179 Å². The predicted molar refractivity (Wildman–Crippen MR) is 116 cm³/mol. The fourth-order valence-electron chi connectivity index (χ4n) is 3.12. The Morgan fingerprint density at radius 2 is 1.90 bits per heavy atom. The highest BCUT2D eigenvalue weighted by atomic mass is 32.2. The number of aromatic nitrogens is 1. The van der Waals surface area contributed by atoms with Gasteiger partial charge in [0, 0.05) is 29.7 Å². The van der Waals surface area contributed by atoms with E-state index in [1.807, 2.05) is 35.7 Å². The van der Waals surface area contributed by atoms with Crippen molar-refractivity contribution in [2.45, 2.75) is 23.8 Å². The van der Waals surface area contributed by atoms with Crippen molar-refractivity contribution in [1.29, 1.82) is 0 Å². The van der Waals surface area contributed by atoms with Crippen molar-refractivity contribution in [2.24, 2.45) is 0 Å². The van der Waals surface area contributed by atoms with E-state index < -0.39 is 10.0 Å². The van der Waals surface area contributed by atoms with E-state index >= 15 is 0 Å². The number of anilines is 1. The van der Waals surface area contributed by atoms with Crippen molar-refractivity contribution in [1.82, 2.24) is 9.71 Å². The first kappa shape index (κ1) is 20.7. The van der Waals surface area contributed by atoms with Crippen LogP contribution in [0.1, 0.15) is 23.2 Å². The van der Waals surface area contributed by atoms with Gasteiger partial charge in [0.2, 0.25) is 10.0 Å². The van der Waals surface area contributed by atoms with E-state index in [1.165, 1.54) is 35.6 Å². The Bertz CT molecular complexity index is 1110. The molecule has 1 aliphatic heterocycles. The highest BCUT2D eigenvalue weighted by Crippen LogP contribution is 2.25. The zero-order valence-electron chi connectivity index (χ0n) is 16.1. The summed E-state index contributed by atoms with van der Waals surface area (Å²) in [6, 6.07) is 15.5. The summed E-state index contributed by atoms with van der Waals surface area (Å²) >= 11 is 1.33. The molecule has 2 heterocycles. The molecule has 7 nitrogen and oxygen atoms in total. The molecule has 1 unspecified atom stereocenters. The van der Waals surface area contributed by atoms with Crippen LogP contribution in [0.5, 0.6) is 0 Å². The van der Waals surface area contributed by atoms with Gasteiger partial charge in [-0.3, -0.25) is 10.1 Å². The van der Waals surface area contributed by atoms with Gasteiger partial charge in [-0.1, -0.05) is 30.3 Å². The van der Waals surface area contributed by atoms with Crippen molar-refractivity contribution in [3.8, 4) is 11.3 Å². The van der Waals surface area contributed by atoms with E-state index in [0.29, 0.717) is 17.3 Å². The van der Waals surface area contributed by atoms with Gasteiger partial charge >= 0.3 is 0 Å². The number of carbonyl (C=O) groups is 1. The average molecular weight is 444 g/mol. The van der Waals surface area contributed by atoms with E-state index in [4.69, 9.17) is 4.74 Å². The lowest BCUT2D eigenvalue weighted by Crippen LogP contribution is -2.31. The lowest BCUT2D eigenvalue weighted by atomic mass is 10.2. The summed E-state index contributed by atoms with van der Waals surface area (Å²) in [6.07, 6.45) is 1.72. The van der Waals surface area contributed by atoms with E-state index in [1.54, 1.807) is 0 Å². The molecule has 0 radical (unpaired) electrons. The van der Waals surface area contributed by atoms with Gasteiger partial charge in [0.15, 0.2) is 5.13 Å². The molecule has 0 saturated carbocycles. The summed E-state index contributed by atoms with van der Waals surface area (Å²) in [7, 11) is -3.65. The molecular formula is C21H21N3O4S2. The lowest BCUT2D eigenvalue weighted by molar-refractivity contribution is 0.102. The van der Waals surface area contributed by atoms with Crippen LogP contribution in [0.2, 0.25) is 0 Å². The van der Waals surface area contributed by atoms with Gasteiger partial charge in [-0.25, -0.2) is 18.1 Å². The standard InChI is InChI=1S/C21H21N3O4S2/c25-20(24-21-23-19(14-29-21)15-5-2-1-3-6-15)16-8-10-18(11-9-16)30(26,27)22-13-17-7-4-12-28-17/h1-3,5-6,8-11,14,17,22H,4,7,12-13H2,(H,23,24,25). The number of hydrogen-bond donors (Lipinski definition) is 2. The second-order valence-electron chi connectivity index (χ2n) is 6.87. The fraction of sp³-hybridized carbons (Fsp3) is 0.238. The molecule has 156 valence electrons. The third kappa shape index (κ3) is 4.93.